The van der Waals surface area contributed by atoms with E-state index in [4.69, 9.17) is 0 Å². The molecule has 2 atom stereocenters. The van der Waals surface area contributed by atoms with Crippen molar-refractivity contribution in [2.45, 2.75) is 88.9 Å². The molecule has 0 spiro atoms. The average molecular weight is 293 g/mol. The van der Waals surface area contributed by atoms with E-state index >= 15 is 0 Å². The summed E-state index contributed by atoms with van der Waals surface area (Å²) in [4.78, 5) is 15.0. The Morgan fingerprint density at radius 1 is 1.05 bits per heavy atom. The minimum Gasteiger partial charge on any atom is -0.352 e. The maximum atomic E-state index is 12.5. The van der Waals surface area contributed by atoms with Crippen molar-refractivity contribution in [3.05, 3.63) is 0 Å². The minimum absolute atomic E-state index is 0.0249. The van der Waals surface area contributed by atoms with Crippen LogP contribution in [0.2, 0.25) is 0 Å². The SMILES string of the molecule is CC(C(=O)NC1CCCC1)N1CCCCC1CNC1CC1. The molecule has 120 valence electrons. The lowest BCUT2D eigenvalue weighted by atomic mass is 9.99. The maximum absolute atomic E-state index is 12.5. The molecule has 0 aromatic rings. The first-order valence-corrected chi connectivity index (χ1v) is 9.03. The quantitative estimate of drug-likeness (QED) is 0.788. The number of nitrogens with one attached hydrogen (secondary N) is 2. The van der Waals surface area contributed by atoms with Crippen molar-refractivity contribution in [3.8, 4) is 0 Å². The van der Waals surface area contributed by atoms with Crippen molar-refractivity contribution in [2.75, 3.05) is 13.1 Å². The lowest BCUT2D eigenvalue weighted by Crippen LogP contribution is -2.55. The summed E-state index contributed by atoms with van der Waals surface area (Å²) in [6, 6.07) is 1.77. The van der Waals surface area contributed by atoms with Crippen LogP contribution in [0, 0.1) is 0 Å². The van der Waals surface area contributed by atoms with Gasteiger partial charge in [-0.25, -0.2) is 0 Å². The standard InChI is InChI=1S/C17H31N3O/c1-13(17(21)19-15-6-2-3-7-15)20-11-5-4-8-16(20)12-18-14-9-10-14/h13-16,18H,2-12H2,1H3,(H,19,21). The fourth-order valence-corrected chi connectivity index (χ4v) is 3.88. The van der Waals surface area contributed by atoms with Crippen LogP contribution < -0.4 is 10.6 Å². The summed E-state index contributed by atoms with van der Waals surface area (Å²) in [5, 5.41) is 6.92. The molecule has 3 aliphatic rings. The van der Waals surface area contributed by atoms with Gasteiger partial charge < -0.3 is 10.6 Å². The molecule has 1 aliphatic heterocycles. The van der Waals surface area contributed by atoms with Gasteiger partial charge in [0.15, 0.2) is 0 Å². The minimum atomic E-state index is 0.0249. The Bertz CT molecular complexity index is 350. The molecule has 1 amide bonds. The largest absolute Gasteiger partial charge is 0.352 e. The molecule has 0 aromatic heterocycles. The highest BCUT2D eigenvalue weighted by atomic mass is 16.2. The molecule has 1 saturated heterocycles. The number of amides is 1. The number of hydrogen-bond acceptors (Lipinski definition) is 3. The molecule has 0 aromatic carbocycles. The van der Waals surface area contributed by atoms with Crippen LogP contribution in [0.25, 0.3) is 0 Å². The Balaban J connectivity index is 1.51. The third-order valence-corrected chi connectivity index (χ3v) is 5.47. The van der Waals surface area contributed by atoms with Gasteiger partial charge in [0.05, 0.1) is 6.04 Å². The summed E-state index contributed by atoms with van der Waals surface area (Å²) >= 11 is 0. The van der Waals surface area contributed by atoms with Crippen LogP contribution in [0.5, 0.6) is 0 Å². The molecular weight excluding hydrogens is 262 g/mol. The number of nitrogens with zero attached hydrogens (tertiary/aromatic N) is 1. The molecule has 4 heteroatoms. The van der Waals surface area contributed by atoms with Gasteiger partial charge in [-0.3, -0.25) is 9.69 Å². The Morgan fingerprint density at radius 3 is 2.48 bits per heavy atom. The smallest absolute Gasteiger partial charge is 0.237 e. The molecule has 1 heterocycles. The van der Waals surface area contributed by atoms with E-state index in [1.807, 2.05) is 0 Å². The van der Waals surface area contributed by atoms with Gasteiger partial charge in [0, 0.05) is 24.7 Å². The van der Waals surface area contributed by atoms with Gasteiger partial charge in [0.2, 0.25) is 5.91 Å². The van der Waals surface area contributed by atoms with Crippen LogP contribution in [0.4, 0.5) is 0 Å². The molecule has 3 fully saturated rings. The molecule has 2 saturated carbocycles. The topological polar surface area (TPSA) is 44.4 Å². The summed E-state index contributed by atoms with van der Waals surface area (Å²) in [7, 11) is 0. The fourth-order valence-electron chi connectivity index (χ4n) is 3.88. The second kappa shape index (κ2) is 7.10. The van der Waals surface area contributed by atoms with Crippen molar-refractivity contribution in [2.24, 2.45) is 0 Å². The zero-order valence-corrected chi connectivity index (χ0v) is 13.4. The molecule has 4 nitrogen and oxygen atoms in total. The highest BCUT2D eigenvalue weighted by Gasteiger charge is 2.32. The van der Waals surface area contributed by atoms with Gasteiger partial charge in [-0.1, -0.05) is 19.3 Å². The molecule has 0 bridgehead atoms. The number of likely N-dealkylation sites (tertiary alicyclic amines) is 1. The van der Waals surface area contributed by atoms with E-state index in [1.165, 1.54) is 57.8 Å². The molecule has 21 heavy (non-hydrogen) atoms. The van der Waals surface area contributed by atoms with Gasteiger partial charge in [0.25, 0.3) is 0 Å². The van der Waals surface area contributed by atoms with Crippen LogP contribution in [-0.4, -0.2) is 48.1 Å². The van der Waals surface area contributed by atoms with Gasteiger partial charge in [-0.15, -0.1) is 0 Å². The monoisotopic (exact) mass is 293 g/mol. The lowest BCUT2D eigenvalue weighted by Gasteiger charge is -2.39. The number of hydrogen-bond donors (Lipinski definition) is 2. The molecule has 0 radical (unpaired) electrons. The van der Waals surface area contributed by atoms with Gasteiger partial charge in [-0.05, 0) is 52.0 Å². The zero-order chi connectivity index (χ0) is 14.7. The first kappa shape index (κ1) is 15.3. The Morgan fingerprint density at radius 2 is 1.76 bits per heavy atom. The predicted octanol–water partition coefficient (Wildman–Crippen LogP) is 2.04. The van der Waals surface area contributed by atoms with Crippen molar-refractivity contribution in [1.29, 1.82) is 0 Å². The highest BCUT2D eigenvalue weighted by molar-refractivity contribution is 5.81. The van der Waals surface area contributed by atoms with Crippen molar-refractivity contribution in [1.82, 2.24) is 15.5 Å². The fraction of sp³-hybridized carbons (Fsp3) is 0.941. The normalized spacial score (nSPS) is 29.5. The molecule has 2 aliphatic carbocycles. The third-order valence-electron chi connectivity index (χ3n) is 5.47. The van der Waals surface area contributed by atoms with E-state index in [2.05, 4.69) is 22.5 Å². The van der Waals surface area contributed by atoms with Crippen molar-refractivity contribution in [3.63, 3.8) is 0 Å². The second-order valence-electron chi connectivity index (χ2n) is 7.24. The summed E-state index contributed by atoms with van der Waals surface area (Å²) in [6.45, 7) is 4.24. The van der Waals surface area contributed by atoms with E-state index in [1.54, 1.807) is 0 Å². The van der Waals surface area contributed by atoms with Crippen LogP contribution in [0.15, 0.2) is 0 Å². The molecular formula is C17H31N3O. The van der Waals surface area contributed by atoms with E-state index < -0.39 is 0 Å². The summed E-state index contributed by atoms with van der Waals surface area (Å²) < 4.78 is 0. The van der Waals surface area contributed by atoms with Gasteiger partial charge in [-0.2, -0.15) is 0 Å². The summed E-state index contributed by atoms with van der Waals surface area (Å²) in [6.07, 6.45) is 11.4. The van der Waals surface area contributed by atoms with Crippen LogP contribution in [0.3, 0.4) is 0 Å². The average Bonchev–Trinajstić information content (AvgIpc) is 3.20. The van der Waals surface area contributed by atoms with E-state index in [9.17, 15) is 4.79 Å². The number of piperidine rings is 1. The Hall–Kier alpha value is -0.610. The van der Waals surface area contributed by atoms with E-state index in [0.717, 1.165) is 19.1 Å². The predicted molar refractivity (Wildman–Crippen MR) is 85.2 cm³/mol. The van der Waals surface area contributed by atoms with Crippen molar-refractivity contribution < 1.29 is 4.79 Å². The van der Waals surface area contributed by atoms with Crippen LogP contribution in [0.1, 0.15) is 64.7 Å². The first-order chi connectivity index (χ1) is 10.2. The third kappa shape index (κ3) is 4.19. The second-order valence-corrected chi connectivity index (χ2v) is 7.24. The number of carbonyl (C=O) groups is 1. The molecule has 3 rings (SSSR count). The van der Waals surface area contributed by atoms with Gasteiger partial charge in [0.1, 0.15) is 0 Å². The molecule has 2 N–H and O–H groups in total. The number of carbonyl (C=O) groups excluding carboxylic acids is 1. The van der Waals surface area contributed by atoms with Crippen LogP contribution >= 0.6 is 0 Å². The Labute approximate surface area is 129 Å². The summed E-state index contributed by atoms with van der Waals surface area (Å²) in [5.41, 5.74) is 0. The number of rotatable bonds is 6. The van der Waals surface area contributed by atoms with E-state index in [0.29, 0.717) is 12.1 Å². The van der Waals surface area contributed by atoms with Crippen molar-refractivity contribution >= 4 is 5.91 Å². The van der Waals surface area contributed by atoms with Crippen LogP contribution in [-0.2, 0) is 4.79 Å². The Kier molecular flexibility index (Phi) is 5.17. The molecule has 2 unspecified atom stereocenters. The van der Waals surface area contributed by atoms with E-state index in [-0.39, 0.29) is 11.9 Å². The maximum Gasteiger partial charge on any atom is 0.237 e. The zero-order valence-electron chi connectivity index (χ0n) is 13.4. The summed E-state index contributed by atoms with van der Waals surface area (Å²) in [5.74, 6) is 0.250. The van der Waals surface area contributed by atoms with Gasteiger partial charge >= 0.3 is 0 Å². The highest BCUT2D eigenvalue weighted by Crippen LogP contribution is 2.23. The lowest BCUT2D eigenvalue weighted by molar-refractivity contribution is -0.128. The first-order valence-electron chi connectivity index (χ1n) is 9.03.